The van der Waals surface area contributed by atoms with Crippen molar-refractivity contribution in [1.29, 1.82) is 0 Å². The summed E-state index contributed by atoms with van der Waals surface area (Å²) >= 11 is 0. The van der Waals surface area contributed by atoms with E-state index in [1.165, 1.54) is 0 Å². The van der Waals surface area contributed by atoms with E-state index in [1.807, 2.05) is 42.2 Å². The van der Waals surface area contributed by atoms with Crippen molar-refractivity contribution in [1.82, 2.24) is 19.5 Å². The van der Waals surface area contributed by atoms with Crippen LogP contribution >= 0.6 is 0 Å². The van der Waals surface area contributed by atoms with Gasteiger partial charge < -0.3 is 9.80 Å². The Bertz CT molecular complexity index is 1090. The number of hydrogen-bond donors (Lipinski definition) is 0. The van der Waals surface area contributed by atoms with Crippen molar-refractivity contribution in [2.45, 2.75) is 38.1 Å². The van der Waals surface area contributed by atoms with E-state index in [0.29, 0.717) is 37.3 Å². The highest BCUT2D eigenvalue weighted by Gasteiger charge is 2.53. The molecule has 3 aromatic rings. The molecule has 1 unspecified atom stereocenters. The molecule has 1 atom stereocenters. The minimum absolute atomic E-state index is 0.0280. The molecule has 2 aromatic heterocycles. The molecule has 0 saturated carbocycles. The van der Waals surface area contributed by atoms with Crippen molar-refractivity contribution in [3.8, 4) is 0 Å². The number of nitrogens with zero attached hydrogens (tertiary/aromatic N) is 5. The van der Waals surface area contributed by atoms with E-state index in [1.54, 1.807) is 27.9 Å². The van der Waals surface area contributed by atoms with Crippen LogP contribution in [0, 0.1) is 6.92 Å². The zero-order valence-electron chi connectivity index (χ0n) is 16.4. The molecular weight excluding hydrogens is 366 g/mol. The zero-order valence-corrected chi connectivity index (χ0v) is 16.4. The number of likely N-dealkylation sites (tertiary alicyclic amines) is 1. The number of piperidine rings is 1. The SMILES string of the molecule is Cc1ccc(N2CCCC3(CCCN3C(=O)c3cnc4cccnn34)C2=O)cc1. The third-order valence-electron chi connectivity index (χ3n) is 6.19. The van der Waals surface area contributed by atoms with Gasteiger partial charge in [0.2, 0.25) is 0 Å². The third kappa shape index (κ3) is 2.72. The molecular formula is C22H23N5O2. The number of aromatic nitrogens is 3. The van der Waals surface area contributed by atoms with Crippen molar-refractivity contribution >= 4 is 23.1 Å². The van der Waals surface area contributed by atoms with Crippen LogP contribution in [0.15, 0.2) is 48.8 Å². The maximum absolute atomic E-state index is 13.7. The fourth-order valence-electron chi connectivity index (χ4n) is 4.73. The van der Waals surface area contributed by atoms with Crippen LogP contribution in [0.3, 0.4) is 0 Å². The van der Waals surface area contributed by atoms with Crippen LogP contribution in [0.25, 0.3) is 5.65 Å². The Morgan fingerprint density at radius 3 is 2.62 bits per heavy atom. The van der Waals surface area contributed by atoms with E-state index in [9.17, 15) is 9.59 Å². The zero-order chi connectivity index (χ0) is 20.0. The van der Waals surface area contributed by atoms with Gasteiger partial charge in [-0.2, -0.15) is 5.10 Å². The summed E-state index contributed by atoms with van der Waals surface area (Å²) in [5.41, 5.74) is 2.31. The van der Waals surface area contributed by atoms with Crippen LogP contribution in [0.2, 0.25) is 0 Å². The molecule has 2 aliphatic rings. The molecule has 0 bridgehead atoms. The van der Waals surface area contributed by atoms with Gasteiger partial charge in [-0.1, -0.05) is 17.7 Å². The van der Waals surface area contributed by atoms with Gasteiger partial charge in [-0.05, 0) is 56.9 Å². The standard InChI is InChI=1S/C22H23N5O2/c1-16-6-8-17(9-7-16)25-13-3-10-22(21(25)29)11-4-14-26(22)20(28)18-15-23-19-5-2-12-24-27(18)19/h2,5-9,12,15H,3-4,10-11,13-14H2,1H3. The van der Waals surface area contributed by atoms with E-state index in [4.69, 9.17) is 0 Å². The summed E-state index contributed by atoms with van der Waals surface area (Å²) in [4.78, 5) is 35.1. The topological polar surface area (TPSA) is 70.8 Å². The Balaban J connectivity index is 1.50. The number of carbonyl (C=O) groups excluding carboxylic acids is 2. The summed E-state index contributed by atoms with van der Waals surface area (Å²) in [5, 5.41) is 4.27. The van der Waals surface area contributed by atoms with Crippen molar-refractivity contribution in [3.05, 3.63) is 60.0 Å². The lowest BCUT2D eigenvalue weighted by Gasteiger charge is -2.44. The van der Waals surface area contributed by atoms with Gasteiger partial charge in [0.15, 0.2) is 11.3 Å². The summed E-state index contributed by atoms with van der Waals surface area (Å²) in [5.74, 6) is -0.145. The van der Waals surface area contributed by atoms with Gasteiger partial charge in [-0.15, -0.1) is 0 Å². The Morgan fingerprint density at radius 2 is 1.83 bits per heavy atom. The molecule has 4 heterocycles. The van der Waals surface area contributed by atoms with Crippen molar-refractivity contribution in [2.24, 2.45) is 0 Å². The number of aryl methyl sites for hydroxylation is 1. The Labute approximate surface area is 168 Å². The number of hydrogen-bond acceptors (Lipinski definition) is 4. The van der Waals surface area contributed by atoms with Crippen LogP contribution in [0.4, 0.5) is 5.69 Å². The van der Waals surface area contributed by atoms with Crippen molar-refractivity contribution < 1.29 is 9.59 Å². The number of imidazole rings is 1. The highest BCUT2D eigenvalue weighted by atomic mass is 16.2. The second-order valence-corrected chi connectivity index (χ2v) is 7.92. The van der Waals surface area contributed by atoms with Gasteiger partial charge >= 0.3 is 0 Å². The summed E-state index contributed by atoms with van der Waals surface area (Å²) in [6, 6.07) is 11.6. The fourth-order valence-corrected chi connectivity index (χ4v) is 4.73. The van der Waals surface area contributed by atoms with Crippen molar-refractivity contribution in [2.75, 3.05) is 18.0 Å². The van der Waals surface area contributed by atoms with E-state index < -0.39 is 5.54 Å². The van der Waals surface area contributed by atoms with Gasteiger partial charge in [-0.25, -0.2) is 9.50 Å². The highest BCUT2D eigenvalue weighted by molar-refractivity contribution is 6.05. The predicted molar refractivity (Wildman–Crippen MR) is 109 cm³/mol. The Hall–Kier alpha value is -3.22. The molecule has 1 spiro atoms. The monoisotopic (exact) mass is 389 g/mol. The quantitative estimate of drug-likeness (QED) is 0.676. The largest absolute Gasteiger partial charge is 0.323 e. The first kappa shape index (κ1) is 17.8. The molecule has 7 heteroatoms. The van der Waals surface area contributed by atoms with Gasteiger partial charge in [-0.3, -0.25) is 9.59 Å². The van der Waals surface area contributed by atoms with E-state index in [0.717, 1.165) is 24.1 Å². The Morgan fingerprint density at radius 1 is 1.07 bits per heavy atom. The smallest absolute Gasteiger partial charge is 0.275 e. The number of anilines is 1. The summed E-state index contributed by atoms with van der Waals surface area (Å²) in [6.07, 6.45) is 6.28. The molecule has 2 aliphatic heterocycles. The van der Waals surface area contributed by atoms with E-state index in [2.05, 4.69) is 10.1 Å². The first-order valence-electron chi connectivity index (χ1n) is 10.1. The molecule has 7 nitrogen and oxygen atoms in total. The molecule has 0 radical (unpaired) electrons. The molecule has 2 saturated heterocycles. The maximum atomic E-state index is 13.7. The van der Waals surface area contributed by atoms with Gasteiger partial charge in [0.05, 0.1) is 6.20 Å². The van der Waals surface area contributed by atoms with Gasteiger partial charge in [0.25, 0.3) is 11.8 Å². The number of rotatable bonds is 2. The Kier molecular flexibility index (Phi) is 4.12. The second kappa shape index (κ2) is 6.69. The molecule has 0 N–H and O–H groups in total. The minimum Gasteiger partial charge on any atom is -0.323 e. The summed E-state index contributed by atoms with van der Waals surface area (Å²) in [6.45, 7) is 3.29. The number of amides is 2. The van der Waals surface area contributed by atoms with Gasteiger partial charge in [0.1, 0.15) is 5.54 Å². The minimum atomic E-state index is -0.779. The molecule has 0 aliphatic carbocycles. The highest BCUT2D eigenvalue weighted by Crippen LogP contribution is 2.40. The first-order chi connectivity index (χ1) is 14.1. The lowest BCUT2D eigenvalue weighted by molar-refractivity contribution is -0.130. The third-order valence-corrected chi connectivity index (χ3v) is 6.19. The molecule has 29 heavy (non-hydrogen) atoms. The lowest BCUT2D eigenvalue weighted by atomic mass is 9.85. The van der Waals surface area contributed by atoms with Gasteiger partial charge in [0, 0.05) is 25.0 Å². The van der Waals surface area contributed by atoms with Crippen LogP contribution in [0.5, 0.6) is 0 Å². The molecule has 2 amide bonds. The van der Waals surface area contributed by atoms with Crippen LogP contribution in [-0.2, 0) is 4.79 Å². The molecule has 1 aromatic carbocycles. The fraction of sp³-hybridized carbons (Fsp3) is 0.364. The van der Waals surface area contributed by atoms with Crippen LogP contribution < -0.4 is 4.90 Å². The molecule has 2 fully saturated rings. The number of fused-ring (bicyclic) bond motifs is 1. The lowest BCUT2D eigenvalue weighted by Crippen LogP contribution is -2.61. The summed E-state index contributed by atoms with van der Waals surface area (Å²) < 4.78 is 1.55. The molecule has 5 rings (SSSR count). The molecule has 148 valence electrons. The average Bonchev–Trinajstić information content (AvgIpc) is 3.36. The second-order valence-electron chi connectivity index (χ2n) is 7.92. The average molecular weight is 389 g/mol. The van der Waals surface area contributed by atoms with E-state index in [-0.39, 0.29) is 11.8 Å². The predicted octanol–water partition coefficient (Wildman–Crippen LogP) is 2.84. The van der Waals surface area contributed by atoms with E-state index >= 15 is 0 Å². The van der Waals surface area contributed by atoms with Crippen LogP contribution in [-0.4, -0.2) is 49.9 Å². The number of benzene rings is 1. The summed E-state index contributed by atoms with van der Waals surface area (Å²) in [7, 11) is 0. The van der Waals surface area contributed by atoms with Crippen LogP contribution in [0.1, 0.15) is 41.7 Å². The first-order valence-corrected chi connectivity index (χ1v) is 10.1. The maximum Gasteiger partial charge on any atom is 0.275 e. The normalized spacial score (nSPS) is 22.0. The van der Waals surface area contributed by atoms with Crippen molar-refractivity contribution in [3.63, 3.8) is 0 Å². The number of carbonyl (C=O) groups is 2.